The summed E-state index contributed by atoms with van der Waals surface area (Å²) in [5.41, 5.74) is 8.43. The summed E-state index contributed by atoms with van der Waals surface area (Å²) in [5, 5.41) is 13.7. The number of hydrogen-bond donors (Lipinski definition) is 4. The zero-order chi connectivity index (χ0) is 18.1. The van der Waals surface area contributed by atoms with E-state index < -0.39 is 0 Å². The molecule has 7 heteroatoms. The van der Waals surface area contributed by atoms with Gasteiger partial charge in [-0.2, -0.15) is 0 Å². The molecule has 1 aromatic carbocycles. The molecule has 26 heavy (non-hydrogen) atoms. The minimum atomic E-state index is 0.258. The molecule has 1 fully saturated rings. The number of halogens is 1. The number of nitrogen functional groups attached to an aromatic ring is 1. The normalized spacial score (nSPS) is 15.3. The maximum atomic E-state index is 8.70. The summed E-state index contributed by atoms with van der Waals surface area (Å²) in [6.07, 6.45) is 7.37. The Bertz CT molecular complexity index is 958. The first-order valence-electron chi connectivity index (χ1n) is 8.87. The predicted molar refractivity (Wildman–Crippen MR) is 106 cm³/mol. The molecule has 0 unspecified atom stereocenters. The topological polar surface area (TPSA) is 103 Å². The minimum Gasteiger partial charge on any atom is -0.383 e. The molecular formula is C19H21ClN6. The van der Waals surface area contributed by atoms with Crippen molar-refractivity contribution in [3.63, 3.8) is 0 Å². The molecule has 1 aliphatic rings. The van der Waals surface area contributed by atoms with Gasteiger partial charge < -0.3 is 16.0 Å². The molecule has 0 spiro atoms. The van der Waals surface area contributed by atoms with Crippen LogP contribution in [0.15, 0.2) is 30.6 Å². The first-order chi connectivity index (χ1) is 12.6. The number of nitrogens with zero attached hydrogens (tertiary/aromatic N) is 2. The van der Waals surface area contributed by atoms with Crippen LogP contribution in [0, 0.1) is 5.41 Å². The molecule has 0 radical (unpaired) electrons. The molecule has 134 valence electrons. The number of H-pyrrole nitrogens is 1. The molecule has 6 nitrogen and oxygen atoms in total. The Labute approximate surface area is 156 Å². The van der Waals surface area contributed by atoms with Gasteiger partial charge in [-0.25, -0.2) is 9.97 Å². The molecule has 4 rings (SSSR count). The van der Waals surface area contributed by atoms with Gasteiger partial charge in [0, 0.05) is 22.0 Å². The standard InChI is InChI=1S/C19H21ClN6/c20-13-7-4-8-14-12(13)9-15(26-14)17(21)16-18(22)23-10-24-19(16)25-11-5-2-1-3-6-11/h4,7-11,21,26H,1-3,5-6H2,(H3,22,23,24,25). The summed E-state index contributed by atoms with van der Waals surface area (Å²) in [6.45, 7) is 0. The molecule has 2 aromatic heterocycles. The fourth-order valence-electron chi connectivity index (χ4n) is 3.58. The average Bonchev–Trinajstić information content (AvgIpc) is 3.08. The van der Waals surface area contributed by atoms with Crippen LogP contribution in [0.4, 0.5) is 11.6 Å². The molecule has 0 atom stereocenters. The van der Waals surface area contributed by atoms with Crippen molar-refractivity contribution in [2.75, 3.05) is 11.1 Å². The summed E-state index contributed by atoms with van der Waals surface area (Å²) >= 11 is 6.26. The number of anilines is 2. The van der Waals surface area contributed by atoms with E-state index in [0.29, 0.717) is 34.0 Å². The van der Waals surface area contributed by atoms with Crippen LogP contribution in [0.3, 0.4) is 0 Å². The minimum absolute atomic E-state index is 0.258. The number of benzene rings is 1. The van der Waals surface area contributed by atoms with Gasteiger partial charge in [-0.15, -0.1) is 0 Å². The molecule has 3 aromatic rings. The van der Waals surface area contributed by atoms with Crippen molar-refractivity contribution in [2.24, 2.45) is 0 Å². The SMILES string of the molecule is N=C(c1cc2c(Cl)cccc2[nH]1)c1c(N)ncnc1NC1CCCCC1. The largest absolute Gasteiger partial charge is 0.383 e. The number of rotatable bonds is 4. The molecule has 5 N–H and O–H groups in total. The lowest BCUT2D eigenvalue weighted by Crippen LogP contribution is -2.25. The van der Waals surface area contributed by atoms with Crippen LogP contribution in [0.25, 0.3) is 10.9 Å². The molecule has 0 bridgehead atoms. The Balaban J connectivity index is 1.71. The summed E-state index contributed by atoms with van der Waals surface area (Å²) in [7, 11) is 0. The van der Waals surface area contributed by atoms with E-state index in [-0.39, 0.29) is 5.71 Å². The van der Waals surface area contributed by atoms with Crippen molar-refractivity contribution in [2.45, 2.75) is 38.1 Å². The number of nitrogens with one attached hydrogen (secondary N) is 3. The van der Waals surface area contributed by atoms with Crippen molar-refractivity contribution in [3.05, 3.63) is 46.9 Å². The lowest BCUT2D eigenvalue weighted by Gasteiger charge is -2.24. The fraction of sp³-hybridized carbons (Fsp3) is 0.316. The van der Waals surface area contributed by atoms with Crippen LogP contribution < -0.4 is 11.1 Å². The lowest BCUT2D eigenvalue weighted by atomic mass is 9.95. The van der Waals surface area contributed by atoms with Crippen LogP contribution in [0.5, 0.6) is 0 Å². The van der Waals surface area contributed by atoms with Crippen molar-refractivity contribution < 1.29 is 0 Å². The second-order valence-corrected chi connectivity index (χ2v) is 7.13. The van der Waals surface area contributed by atoms with Crippen molar-refractivity contribution in [1.82, 2.24) is 15.0 Å². The lowest BCUT2D eigenvalue weighted by molar-refractivity contribution is 0.462. The molecule has 0 amide bonds. The Hall–Kier alpha value is -2.60. The summed E-state index contributed by atoms with van der Waals surface area (Å²) in [4.78, 5) is 11.7. The quantitative estimate of drug-likeness (QED) is 0.514. The molecule has 2 heterocycles. The first kappa shape index (κ1) is 16.8. The number of aromatic amines is 1. The Morgan fingerprint density at radius 1 is 1.23 bits per heavy atom. The first-order valence-corrected chi connectivity index (χ1v) is 9.25. The van der Waals surface area contributed by atoms with E-state index in [9.17, 15) is 0 Å². The predicted octanol–water partition coefficient (Wildman–Crippen LogP) is 4.35. The Morgan fingerprint density at radius 3 is 2.81 bits per heavy atom. The van der Waals surface area contributed by atoms with Gasteiger partial charge in [-0.05, 0) is 31.0 Å². The smallest absolute Gasteiger partial charge is 0.141 e. The highest BCUT2D eigenvalue weighted by Crippen LogP contribution is 2.29. The van der Waals surface area contributed by atoms with Gasteiger partial charge in [-0.3, -0.25) is 5.41 Å². The highest BCUT2D eigenvalue weighted by atomic mass is 35.5. The van der Waals surface area contributed by atoms with E-state index in [1.54, 1.807) is 0 Å². The maximum Gasteiger partial charge on any atom is 0.141 e. The average molecular weight is 369 g/mol. The van der Waals surface area contributed by atoms with Crippen LogP contribution in [0.2, 0.25) is 5.02 Å². The van der Waals surface area contributed by atoms with Crippen LogP contribution in [0.1, 0.15) is 43.4 Å². The van der Waals surface area contributed by atoms with E-state index in [1.165, 1.54) is 25.6 Å². The van der Waals surface area contributed by atoms with Gasteiger partial charge in [-0.1, -0.05) is 36.9 Å². The zero-order valence-corrected chi connectivity index (χ0v) is 15.1. The van der Waals surface area contributed by atoms with Crippen molar-refractivity contribution >= 4 is 39.9 Å². The molecule has 1 aliphatic carbocycles. The number of fused-ring (bicyclic) bond motifs is 1. The third kappa shape index (κ3) is 3.12. The Kier molecular flexibility index (Phi) is 4.51. The van der Waals surface area contributed by atoms with Gasteiger partial charge in [0.05, 0.1) is 17.0 Å². The van der Waals surface area contributed by atoms with E-state index in [1.807, 2.05) is 24.3 Å². The molecule has 0 saturated heterocycles. The summed E-state index contributed by atoms with van der Waals surface area (Å²) in [6, 6.07) is 7.88. The van der Waals surface area contributed by atoms with Crippen molar-refractivity contribution in [3.8, 4) is 0 Å². The van der Waals surface area contributed by atoms with E-state index in [4.69, 9.17) is 22.7 Å². The van der Waals surface area contributed by atoms with E-state index in [0.717, 1.165) is 23.7 Å². The van der Waals surface area contributed by atoms with Gasteiger partial charge in [0.15, 0.2) is 0 Å². The number of nitrogens with two attached hydrogens (primary N) is 1. The summed E-state index contributed by atoms with van der Waals surface area (Å²) in [5.74, 6) is 0.923. The third-order valence-corrected chi connectivity index (χ3v) is 5.28. The zero-order valence-electron chi connectivity index (χ0n) is 14.3. The molecule has 0 aliphatic heterocycles. The van der Waals surface area contributed by atoms with Crippen LogP contribution in [-0.2, 0) is 0 Å². The highest BCUT2D eigenvalue weighted by molar-refractivity contribution is 6.35. The van der Waals surface area contributed by atoms with Gasteiger partial charge in [0.25, 0.3) is 0 Å². The maximum absolute atomic E-state index is 8.70. The monoisotopic (exact) mass is 368 g/mol. The van der Waals surface area contributed by atoms with Gasteiger partial charge in [0.2, 0.25) is 0 Å². The van der Waals surface area contributed by atoms with Crippen LogP contribution >= 0.6 is 11.6 Å². The fourth-order valence-corrected chi connectivity index (χ4v) is 3.81. The highest BCUT2D eigenvalue weighted by Gasteiger charge is 2.21. The molecular weight excluding hydrogens is 348 g/mol. The van der Waals surface area contributed by atoms with Crippen LogP contribution in [-0.4, -0.2) is 26.7 Å². The van der Waals surface area contributed by atoms with E-state index >= 15 is 0 Å². The molecule has 1 saturated carbocycles. The van der Waals surface area contributed by atoms with Gasteiger partial charge >= 0.3 is 0 Å². The van der Waals surface area contributed by atoms with Crippen molar-refractivity contribution in [1.29, 1.82) is 5.41 Å². The summed E-state index contributed by atoms with van der Waals surface area (Å²) < 4.78 is 0. The van der Waals surface area contributed by atoms with E-state index in [2.05, 4.69) is 20.3 Å². The third-order valence-electron chi connectivity index (χ3n) is 4.95. The Morgan fingerprint density at radius 2 is 2.04 bits per heavy atom. The number of aromatic nitrogens is 3. The van der Waals surface area contributed by atoms with Gasteiger partial charge in [0.1, 0.15) is 18.0 Å². The second kappa shape index (κ2) is 6.96. The number of hydrogen-bond acceptors (Lipinski definition) is 5. The second-order valence-electron chi connectivity index (χ2n) is 6.72.